The molecule has 3 nitrogen and oxygen atoms in total. The lowest BCUT2D eigenvalue weighted by Gasteiger charge is -2.43. The van der Waals surface area contributed by atoms with E-state index in [-0.39, 0.29) is 47.8 Å². The molecule has 0 aliphatic carbocycles. The summed E-state index contributed by atoms with van der Waals surface area (Å²) in [7, 11) is 0. The molecule has 1 saturated heterocycles. The maximum atomic E-state index is 14.4. The largest absolute Gasteiger partial charge is 0.507 e. The molecule has 22 heavy (non-hydrogen) atoms. The smallest absolute Gasteiger partial charge is 0.131 e. The van der Waals surface area contributed by atoms with Gasteiger partial charge < -0.3 is 10.4 Å². The molecule has 6 heteroatoms. The first-order valence-corrected chi connectivity index (χ1v) is 7.25. The highest BCUT2D eigenvalue weighted by Gasteiger charge is 2.36. The van der Waals surface area contributed by atoms with Gasteiger partial charge >= 0.3 is 0 Å². The summed E-state index contributed by atoms with van der Waals surface area (Å²) in [6.45, 7) is 11.7. The zero-order valence-corrected chi connectivity index (χ0v) is 15.3. The second kappa shape index (κ2) is 8.34. The molecule has 0 unspecified atom stereocenters. The average molecular weight is 353 g/mol. The van der Waals surface area contributed by atoms with Gasteiger partial charge in [-0.15, -0.1) is 24.8 Å². The molecule has 0 aromatic heterocycles. The van der Waals surface area contributed by atoms with E-state index in [1.807, 2.05) is 6.92 Å². The summed E-state index contributed by atoms with van der Waals surface area (Å²) in [5.74, 6) is -0.213. The Morgan fingerprint density at radius 1 is 1.18 bits per heavy atom. The van der Waals surface area contributed by atoms with Gasteiger partial charge in [-0.05, 0) is 24.0 Å². The number of hydrogen-bond donors (Lipinski definition) is 2. The predicted octanol–water partition coefficient (Wildman–Crippen LogP) is 3.68. The van der Waals surface area contributed by atoms with Crippen molar-refractivity contribution in [2.75, 3.05) is 26.2 Å². The SMILES string of the molecule is Cc1ccc(F)c([C@H](N2CCNCC2)C(C)(C)C)c1O.Cl.Cl. The molecule has 1 fully saturated rings. The molecule has 0 radical (unpaired) electrons. The van der Waals surface area contributed by atoms with E-state index in [4.69, 9.17) is 0 Å². The Labute approximate surface area is 145 Å². The lowest BCUT2D eigenvalue weighted by molar-refractivity contribution is 0.0812. The normalized spacial score (nSPS) is 17.3. The van der Waals surface area contributed by atoms with Gasteiger partial charge in [-0.25, -0.2) is 4.39 Å². The van der Waals surface area contributed by atoms with Crippen LogP contribution in [-0.2, 0) is 0 Å². The van der Waals surface area contributed by atoms with Gasteiger partial charge in [0.2, 0.25) is 0 Å². The molecule has 1 atom stereocenters. The fourth-order valence-corrected chi connectivity index (χ4v) is 3.06. The van der Waals surface area contributed by atoms with Gasteiger partial charge in [0.1, 0.15) is 11.6 Å². The standard InChI is InChI=1S/C16H25FN2O.2ClH/c1-11-5-6-12(17)13(14(11)20)15(16(2,3)4)19-9-7-18-8-10-19;;/h5-6,15,18,20H,7-10H2,1-4H3;2*1H/t15-;;/m0../s1. The number of piperazine rings is 1. The van der Waals surface area contributed by atoms with Gasteiger partial charge in [0, 0.05) is 37.8 Å². The van der Waals surface area contributed by atoms with Crippen LogP contribution < -0.4 is 5.32 Å². The Bertz CT molecular complexity index is 486. The maximum absolute atomic E-state index is 14.4. The maximum Gasteiger partial charge on any atom is 0.131 e. The van der Waals surface area contributed by atoms with Crippen LogP contribution in [0.3, 0.4) is 0 Å². The minimum absolute atomic E-state index is 0. The summed E-state index contributed by atoms with van der Waals surface area (Å²) >= 11 is 0. The number of hydrogen-bond acceptors (Lipinski definition) is 3. The summed E-state index contributed by atoms with van der Waals surface area (Å²) in [5, 5.41) is 13.7. The summed E-state index contributed by atoms with van der Waals surface area (Å²) in [6, 6.07) is 2.97. The van der Waals surface area contributed by atoms with Crippen LogP contribution in [-0.4, -0.2) is 36.2 Å². The zero-order valence-electron chi connectivity index (χ0n) is 13.6. The topological polar surface area (TPSA) is 35.5 Å². The summed E-state index contributed by atoms with van der Waals surface area (Å²) in [4.78, 5) is 2.27. The van der Waals surface area contributed by atoms with Crippen LogP contribution in [0, 0.1) is 18.2 Å². The number of phenolic OH excluding ortho intramolecular Hbond substituents is 1. The summed E-state index contributed by atoms with van der Waals surface area (Å²) < 4.78 is 14.4. The van der Waals surface area contributed by atoms with Crippen molar-refractivity contribution in [2.24, 2.45) is 5.41 Å². The first-order valence-electron chi connectivity index (χ1n) is 7.25. The number of nitrogens with zero attached hydrogens (tertiary/aromatic N) is 1. The minimum atomic E-state index is -0.313. The van der Waals surface area contributed by atoms with Crippen LogP contribution >= 0.6 is 24.8 Å². The van der Waals surface area contributed by atoms with E-state index in [2.05, 4.69) is 31.0 Å². The van der Waals surface area contributed by atoms with E-state index in [1.165, 1.54) is 6.07 Å². The van der Waals surface area contributed by atoms with Crippen molar-refractivity contribution in [2.45, 2.75) is 33.7 Å². The quantitative estimate of drug-likeness (QED) is 0.852. The highest BCUT2D eigenvalue weighted by molar-refractivity contribution is 5.85. The molecule has 0 saturated carbocycles. The van der Waals surface area contributed by atoms with Gasteiger partial charge in [0.25, 0.3) is 0 Å². The number of nitrogens with one attached hydrogen (secondary N) is 1. The number of rotatable bonds is 2. The molecular formula is C16H27Cl2FN2O. The number of halogens is 3. The Kier molecular flexibility index (Phi) is 8.14. The van der Waals surface area contributed by atoms with Crippen molar-refractivity contribution in [1.29, 1.82) is 0 Å². The van der Waals surface area contributed by atoms with Gasteiger partial charge in [0.05, 0.1) is 0 Å². The van der Waals surface area contributed by atoms with Crippen molar-refractivity contribution in [1.82, 2.24) is 10.2 Å². The second-order valence-electron chi connectivity index (χ2n) is 6.68. The van der Waals surface area contributed by atoms with Crippen molar-refractivity contribution < 1.29 is 9.50 Å². The van der Waals surface area contributed by atoms with Crippen LogP contribution in [0.5, 0.6) is 5.75 Å². The fourth-order valence-electron chi connectivity index (χ4n) is 3.06. The monoisotopic (exact) mass is 352 g/mol. The van der Waals surface area contributed by atoms with Gasteiger partial charge in [0.15, 0.2) is 0 Å². The van der Waals surface area contributed by atoms with E-state index in [1.54, 1.807) is 6.07 Å². The van der Waals surface area contributed by atoms with Crippen LogP contribution in [0.4, 0.5) is 4.39 Å². The van der Waals surface area contributed by atoms with Crippen molar-refractivity contribution >= 4 is 24.8 Å². The Morgan fingerprint density at radius 3 is 2.23 bits per heavy atom. The van der Waals surface area contributed by atoms with E-state index < -0.39 is 0 Å². The lowest BCUT2D eigenvalue weighted by Crippen LogP contribution is -2.48. The van der Waals surface area contributed by atoms with E-state index >= 15 is 0 Å². The predicted molar refractivity (Wildman–Crippen MR) is 93.9 cm³/mol. The molecule has 0 bridgehead atoms. The van der Waals surface area contributed by atoms with Gasteiger partial charge in [-0.3, -0.25) is 4.90 Å². The van der Waals surface area contributed by atoms with Crippen LogP contribution in [0.2, 0.25) is 0 Å². The van der Waals surface area contributed by atoms with Gasteiger partial charge in [-0.1, -0.05) is 26.8 Å². The number of aromatic hydroxyl groups is 1. The molecule has 1 aromatic carbocycles. The van der Waals surface area contributed by atoms with Crippen LogP contribution in [0.15, 0.2) is 12.1 Å². The third kappa shape index (κ3) is 4.48. The Balaban J connectivity index is 0.00000220. The van der Waals surface area contributed by atoms with E-state index in [0.717, 1.165) is 31.7 Å². The summed E-state index contributed by atoms with van der Waals surface area (Å²) in [5.41, 5.74) is 1.02. The van der Waals surface area contributed by atoms with Crippen LogP contribution in [0.1, 0.15) is 37.9 Å². The van der Waals surface area contributed by atoms with Crippen molar-refractivity contribution in [3.8, 4) is 5.75 Å². The Hall–Kier alpha value is -0.550. The number of aryl methyl sites for hydroxylation is 1. The number of benzene rings is 1. The van der Waals surface area contributed by atoms with Crippen LogP contribution in [0.25, 0.3) is 0 Å². The Morgan fingerprint density at radius 2 is 1.73 bits per heavy atom. The average Bonchev–Trinajstić information content (AvgIpc) is 2.39. The molecule has 0 amide bonds. The molecule has 2 rings (SSSR count). The lowest BCUT2D eigenvalue weighted by atomic mass is 9.80. The summed E-state index contributed by atoms with van der Waals surface area (Å²) in [6.07, 6.45) is 0. The van der Waals surface area contributed by atoms with E-state index in [9.17, 15) is 9.50 Å². The molecule has 128 valence electrons. The molecule has 1 aliphatic heterocycles. The second-order valence-corrected chi connectivity index (χ2v) is 6.68. The molecule has 1 aromatic rings. The first kappa shape index (κ1) is 21.4. The third-order valence-corrected chi connectivity index (χ3v) is 3.98. The highest BCUT2D eigenvalue weighted by atomic mass is 35.5. The van der Waals surface area contributed by atoms with Crippen molar-refractivity contribution in [3.63, 3.8) is 0 Å². The molecule has 1 heterocycles. The molecule has 2 N–H and O–H groups in total. The van der Waals surface area contributed by atoms with Crippen molar-refractivity contribution in [3.05, 3.63) is 29.1 Å². The zero-order chi connectivity index (χ0) is 14.9. The fraction of sp³-hybridized carbons (Fsp3) is 0.625. The number of phenols is 1. The molecular weight excluding hydrogens is 326 g/mol. The first-order chi connectivity index (χ1) is 9.32. The highest BCUT2D eigenvalue weighted by Crippen LogP contribution is 2.43. The third-order valence-electron chi connectivity index (χ3n) is 3.98. The van der Waals surface area contributed by atoms with E-state index in [0.29, 0.717) is 5.56 Å². The molecule has 1 aliphatic rings. The van der Waals surface area contributed by atoms with Gasteiger partial charge in [-0.2, -0.15) is 0 Å². The minimum Gasteiger partial charge on any atom is -0.507 e. The molecule has 0 spiro atoms.